The fourth-order valence-electron chi connectivity index (χ4n) is 2.76. The average Bonchev–Trinajstić information content (AvgIpc) is 3.04. The zero-order valence-corrected chi connectivity index (χ0v) is 13.0. The monoisotopic (exact) mass is 311 g/mol. The van der Waals surface area contributed by atoms with Crippen LogP contribution in [-0.2, 0) is 0 Å². The number of nitrogens with one attached hydrogen (secondary N) is 1. The fraction of sp³-hybridized carbons (Fsp3) is 0.222. The first-order valence-corrected chi connectivity index (χ1v) is 8.28. The second-order valence-electron chi connectivity index (χ2n) is 5.30. The van der Waals surface area contributed by atoms with Gasteiger partial charge in [0.2, 0.25) is 6.79 Å². The Bertz CT molecular complexity index is 727. The molecule has 0 saturated heterocycles. The Kier molecular flexibility index (Phi) is 3.79. The lowest BCUT2D eigenvalue weighted by molar-refractivity contribution is 0.174. The number of fused-ring (bicyclic) bond motifs is 1. The highest BCUT2D eigenvalue weighted by Gasteiger charge is 2.15. The van der Waals surface area contributed by atoms with E-state index in [1.807, 2.05) is 6.07 Å². The molecule has 0 radical (unpaired) electrons. The van der Waals surface area contributed by atoms with Crippen LogP contribution < -0.4 is 14.8 Å². The zero-order valence-electron chi connectivity index (χ0n) is 12.2. The molecule has 0 bridgehead atoms. The summed E-state index contributed by atoms with van der Waals surface area (Å²) in [7, 11) is 0. The number of ether oxygens (including phenoxy) is 2. The molecule has 2 aliphatic heterocycles. The Morgan fingerprint density at radius 3 is 2.82 bits per heavy atom. The summed E-state index contributed by atoms with van der Waals surface area (Å²) in [6, 6.07) is 14.7. The summed E-state index contributed by atoms with van der Waals surface area (Å²) < 4.78 is 10.8. The summed E-state index contributed by atoms with van der Waals surface area (Å²) >= 11 is 1.78. The highest BCUT2D eigenvalue weighted by Crippen LogP contribution is 2.40. The van der Waals surface area contributed by atoms with Gasteiger partial charge in [-0.2, -0.15) is 0 Å². The van der Waals surface area contributed by atoms with Crippen molar-refractivity contribution in [1.82, 2.24) is 5.32 Å². The van der Waals surface area contributed by atoms with Gasteiger partial charge >= 0.3 is 0 Å². The second-order valence-corrected chi connectivity index (χ2v) is 6.41. The quantitative estimate of drug-likeness (QED) is 0.930. The maximum Gasteiger partial charge on any atom is 0.231 e. The highest BCUT2D eigenvalue weighted by atomic mass is 32.2. The van der Waals surface area contributed by atoms with Gasteiger partial charge in [-0.15, -0.1) is 0 Å². The van der Waals surface area contributed by atoms with Crippen molar-refractivity contribution in [3.8, 4) is 11.5 Å². The van der Waals surface area contributed by atoms with Gasteiger partial charge in [-0.25, -0.2) is 0 Å². The van der Waals surface area contributed by atoms with Crippen molar-refractivity contribution in [3.63, 3.8) is 0 Å². The van der Waals surface area contributed by atoms with Crippen molar-refractivity contribution in [2.24, 2.45) is 0 Å². The van der Waals surface area contributed by atoms with Crippen LogP contribution in [0.4, 0.5) is 0 Å². The Balaban J connectivity index is 1.64. The predicted octanol–water partition coefficient (Wildman–Crippen LogP) is 3.94. The minimum atomic E-state index is 0.319. The van der Waals surface area contributed by atoms with Crippen LogP contribution in [0.2, 0.25) is 0 Å². The smallest absolute Gasteiger partial charge is 0.231 e. The van der Waals surface area contributed by atoms with Crippen LogP contribution in [0.3, 0.4) is 0 Å². The third kappa shape index (κ3) is 2.72. The third-order valence-corrected chi connectivity index (χ3v) is 4.93. The highest BCUT2D eigenvalue weighted by molar-refractivity contribution is 7.99. The maximum atomic E-state index is 5.47. The maximum absolute atomic E-state index is 5.47. The molecular formula is C18H17NO2S. The van der Waals surface area contributed by atoms with Crippen molar-refractivity contribution >= 4 is 17.3 Å². The molecule has 1 N–H and O–H groups in total. The van der Waals surface area contributed by atoms with Gasteiger partial charge in [-0.3, -0.25) is 0 Å². The lowest BCUT2D eigenvalue weighted by Crippen LogP contribution is -2.20. The molecule has 0 fully saturated rings. The molecular weight excluding hydrogens is 294 g/mol. The molecule has 22 heavy (non-hydrogen) atoms. The molecule has 4 rings (SSSR count). The molecule has 0 amide bonds. The average molecular weight is 311 g/mol. The van der Waals surface area contributed by atoms with E-state index in [1.54, 1.807) is 11.8 Å². The summed E-state index contributed by atoms with van der Waals surface area (Å²) in [6.45, 7) is 2.33. The van der Waals surface area contributed by atoms with E-state index < -0.39 is 0 Å². The summed E-state index contributed by atoms with van der Waals surface area (Å²) in [6.07, 6.45) is 3.38. The van der Waals surface area contributed by atoms with E-state index in [0.29, 0.717) is 6.79 Å². The topological polar surface area (TPSA) is 30.5 Å². The van der Waals surface area contributed by atoms with E-state index in [4.69, 9.17) is 9.47 Å². The molecule has 4 heteroatoms. The van der Waals surface area contributed by atoms with E-state index in [1.165, 1.54) is 20.9 Å². The van der Waals surface area contributed by atoms with Gasteiger partial charge in [0.05, 0.1) is 0 Å². The molecule has 2 aliphatic rings. The molecule has 0 aromatic heterocycles. The SMILES string of the molecule is C1=C(c2ccccc2Sc2ccc3c(c2)OCO3)CCNC1. The third-order valence-electron chi connectivity index (χ3n) is 3.87. The Morgan fingerprint density at radius 2 is 1.91 bits per heavy atom. The molecule has 0 unspecified atom stereocenters. The standard InChI is InChI=1S/C18H17NO2S/c1-2-4-18(15(3-1)13-7-9-19-10-8-13)22-14-5-6-16-17(11-14)21-12-20-16/h1-7,11,19H,8-10,12H2. The van der Waals surface area contributed by atoms with Crippen LogP contribution in [0.25, 0.3) is 5.57 Å². The van der Waals surface area contributed by atoms with Crippen LogP contribution >= 0.6 is 11.8 Å². The first kappa shape index (κ1) is 13.7. The molecule has 2 aromatic carbocycles. The Hall–Kier alpha value is -1.91. The molecule has 0 aliphatic carbocycles. The lowest BCUT2D eigenvalue weighted by atomic mass is 10.0. The first-order valence-electron chi connectivity index (χ1n) is 7.47. The minimum absolute atomic E-state index is 0.319. The van der Waals surface area contributed by atoms with Crippen molar-refractivity contribution in [1.29, 1.82) is 0 Å². The Morgan fingerprint density at radius 1 is 1.00 bits per heavy atom. The van der Waals surface area contributed by atoms with E-state index in [9.17, 15) is 0 Å². The zero-order chi connectivity index (χ0) is 14.8. The van der Waals surface area contributed by atoms with Crippen LogP contribution in [0.1, 0.15) is 12.0 Å². The molecule has 2 aromatic rings. The van der Waals surface area contributed by atoms with Gasteiger partial charge in [0.1, 0.15) is 0 Å². The fourth-order valence-corrected chi connectivity index (χ4v) is 3.77. The van der Waals surface area contributed by atoms with Gasteiger partial charge in [0.25, 0.3) is 0 Å². The van der Waals surface area contributed by atoms with Crippen molar-refractivity contribution in [3.05, 3.63) is 54.1 Å². The van der Waals surface area contributed by atoms with Crippen molar-refractivity contribution in [2.75, 3.05) is 19.9 Å². The van der Waals surface area contributed by atoms with Gasteiger partial charge in [-0.05, 0) is 48.4 Å². The molecule has 112 valence electrons. The predicted molar refractivity (Wildman–Crippen MR) is 88.6 cm³/mol. The largest absolute Gasteiger partial charge is 0.454 e. The molecule has 2 heterocycles. The van der Waals surface area contributed by atoms with E-state index in [0.717, 1.165) is 31.0 Å². The van der Waals surface area contributed by atoms with E-state index in [-0.39, 0.29) is 0 Å². The summed E-state index contributed by atoms with van der Waals surface area (Å²) in [5.41, 5.74) is 2.77. The summed E-state index contributed by atoms with van der Waals surface area (Å²) in [5.74, 6) is 1.67. The van der Waals surface area contributed by atoms with Gasteiger partial charge < -0.3 is 14.8 Å². The van der Waals surface area contributed by atoms with Crippen LogP contribution in [0.5, 0.6) is 11.5 Å². The molecule has 0 atom stereocenters. The lowest BCUT2D eigenvalue weighted by Gasteiger charge is -2.17. The summed E-state index contributed by atoms with van der Waals surface area (Å²) in [5, 5.41) is 3.37. The normalized spacial score (nSPS) is 16.5. The van der Waals surface area contributed by atoms with Crippen molar-refractivity contribution < 1.29 is 9.47 Å². The number of hydrogen-bond acceptors (Lipinski definition) is 4. The number of benzene rings is 2. The molecule has 3 nitrogen and oxygen atoms in total. The number of hydrogen-bond donors (Lipinski definition) is 1. The van der Waals surface area contributed by atoms with Gasteiger partial charge in [0.15, 0.2) is 11.5 Å². The van der Waals surface area contributed by atoms with Crippen LogP contribution in [-0.4, -0.2) is 19.9 Å². The Labute approximate surface area is 134 Å². The molecule has 0 spiro atoms. The van der Waals surface area contributed by atoms with Gasteiger partial charge in [0, 0.05) is 16.3 Å². The summed E-state index contributed by atoms with van der Waals surface area (Å²) in [4.78, 5) is 2.46. The van der Waals surface area contributed by atoms with E-state index >= 15 is 0 Å². The van der Waals surface area contributed by atoms with E-state index in [2.05, 4.69) is 47.8 Å². The van der Waals surface area contributed by atoms with Crippen LogP contribution in [0, 0.1) is 0 Å². The number of rotatable bonds is 3. The molecule has 0 saturated carbocycles. The van der Waals surface area contributed by atoms with Crippen molar-refractivity contribution in [2.45, 2.75) is 16.2 Å². The first-order chi connectivity index (χ1) is 10.9. The van der Waals surface area contributed by atoms with Gasteiger partial charge in [-0.1, -0.05) is 36.0 Å². The second kappa shape index (κ2) is 6.07. The van der Waals surface area contributed by atoms with Crippen LogP contribution in [0.15, 0.2) is 58.3 Å². The minimum Gasteiger partial charge on any atom is -0.454 e.